The molecule has 1 aliphatic heterocycles. The SMILES string of the molecule is CC(=O)N[C@H]1C[C@@H](CCNC(=O)Cc2c[nH]c3ccccc23)O[C@@H](c2ccccc2F)C1. The van der Waals surface area contributed by atoms with Crippen molar-refractivity contribution in [3.63, 3.8) is 0 Å². The first-order valence-electron chi connectivity index (χ1n) is 11.0. The number of carbonyl (C=O) groups is 2. The molecule has 7 heteroatoms. The third kappa shape index (κ3) is 5.34. The van der Waals surface area contributed by atoms with Crippen LogP contribution < -0.4 is 10.6 Å². The molecule has 2 heterocycles. The lowest BCUT2D eigenvalue weighted by Gasteiger charge is -2.36. The van der Waals surface area contributed by atoms with Gasteiger partial charge in [0.25, 0.3) is 0 Å². The first-order chi connectivity index (χ1) is 15.5. The Morgan fingerprint density at radius 1 is 1.12 bits per heavy atom. The predicted molar refractivity (Wildman–Crippen MR) is 120 cm³/mol. The Morgan fingerprint density at radius 3 is 2.72 bits per heavy atom. The van der Waals surface area contributed by atoms with E-state index in [-0.39, 0.29) is 29.8 Å². The summed E-state index contributed by atoms with van der Waals surface area (Å²) < 4.78 is 20.5. The molecule has 0 saturated carbocycles. The molecule has 0 radical (unpaired) electrons. The summed E-state index contributed by atoms with van der Waals surface area (Å²) >= 11 is 0. The van der Waals surface area contributed by atoms with Crippen LogP contribution in [0.1, 0.15) is 43.4 Å². The van der Waals surface area contributed by atoms with E-state index in [9.17, 15) is 14.0 Å². The van der Waals surface area contributed by atoms with Gasteiger partial charge in [-0.15, -0.1) is 0 Å². The number of carbonyl (C=O) groups excluding carboxylic acids is 2. The zero-order chi connectivity index (χ0) is 22.5. The number of aromatic nitrogens is 1. The van der Waals surface area contributed by atoms with Crippen molar-refractivity contribution >= 4 is 22.7 Å². The molecular weight excluding hydrogens is 409 g/mol. The summed E-state index contributed by atoms with van der Waals surface area (Å²) in [6, 6.07) is 14.3. The minimum Gasteiger partial charge on any atom is -0.370 e. The molecule has 2 aromatic carbocycles. The molecule has 0 aliphatic carbocycles. The molecule has 6 nitrogen and oxygen atoms in total. The van der Waals surface area contributed by atoms with Crippen LogP contribution in [0, 0.1) is 5.82 Å². The third-order valence-corrected chi connectivity index (χ3v) is 5.88. The highest BCUT2D eigenvalue weighted by Gasteiger charge is 2.32. The zero-order valence-electron chi connectivity index (χ0n) is 18.1. The number of ether oxygens (including phenoxy) is 1. The van der Waals surface area contributed by atoms with E-state index in [0.29, 0.717) is 37.8 Å². The molecule has 2 amide bonds. The lowest BCUT2D eigenvalue weighted by atomic mass is 9.92. The average molecular weight is 438 g/mol. The van der Waals surface area contributed by atoms with Crippen LogP contribution in [-0.2, 0) is 20.7 Å². The summed E-state index contributed by atoms with van der Waals surface area (Å²) in [5, 5.41) is 6.95. The number of nitrogens with one attached hydrogen (secondary N) is 3. The monoisotopic (exact) mass is 437 g/mol. The molecule has 3 atom stereocenters. The number of para-hydroxylation sites is 1. The number of aromatic amines is 1. The molecule has 4 rings (SSSR count). The third-order valence-electron chi connectivity index (χ3n) is 5.88. The number of amides is 2. The van der Waals surface area contributed by atoms with Gasteiger partial charge in [-0.05, 0) is 37.0 Å². The van der Waals surface area contributed by atoms with E-state index < -0.39 is 6.10 Å². The van der Waals surface area contributed by atoms with Gasteiger partial charge in [0, 0.05) is 42.2 Å². The summed E-state index contributed by atoms with van der Waals surface area (Å²) in [6.07, 6.45) is 3.26. The smallest absolute Gasteiger partial charge is 0.224 e. The van der Waals surface area contributed by atoms with Crippen molar-refractivity contribution in [1.82, 2.24) is 15.6 Å². The van der Waals surface area contributed by atoms with Gasteiger partial charge in [0.1, 0.15) is 5.82 Å². The second-order valence-electron chi connectivity index (χ2n) is 8.31. The van der Waals surface area contributed by atoms with Gasteiger partial charge in [0.15, 0.2) is 0 Å². The summed E-state index contributed by atoms with van der Waals surface area (Å²) in [5.41, 5.74) is 2.46. The molecule has 0 spiro atoms. The Bertz CT molecular complexity index is 1100. The topological polar surface area (TPSA) is 83.2 Å². The van der Waals surface area contributed by atoms with E-state index in [0.717, 1.165) is 16.5 Å². The van der Waals surface area contributed by atoms with Crippen molar-refractivity contribution in [3.8, 4) is 0 Å². The van der Waals surface area contributed by atoms with Crippen LogP contribution in [0.4, 0.5) is 4.39 Å². The molecule has 1 saturated heterocycles. The fourth-order valence-corrected chi connectivity index (χ4v) is 4.43. The molecule has 0 bridgehead atoms. The number of hydrogen-bond acceptors (Lipinski definition) is 3. The summed E-state index contributed by atoms with van der Waals surface area (Å²) in [6.45, 7) is 1.93. The fraction of sp³-hybridized carbons (Fsp3) is 0.360. The Labute approximate surface area is 186 Å². The molecule has 1 aliphatic rings. The van der Waals surface area contributed by atoms with E-state index in [2.05, 4.69) is 15.6 Å². The Morgan fingerprint density at radius 2 is 1.91 bits per heavy atom. The van der Waals surface area contributed by atoms with Crippen LogP contribution in [0.5, 0.6) is 0 Å². The first-order valence-corrected chi connectivity index (χ1v) is 11.0. The highest BCUT2D eigenvalue weighted by atomic mass is 19.1. The second-order valence-corrected chi connectivity index (χ2v) is 8.31. The van der Waals surface area contributed by atoms with Crippen molar-refractivity contribution in [2.75, 3.05) is 6.54 Å². The number of hydrogen-bond donors (Lipinski definition) is 3. The normalized spacial score (nSPS) is 20.8. The first kappa shape index (κ1) is 22.0. The van der Waals surface area contributed by atoms with Crippen molar-refractivity contribution in [2.24, 2.45) is 0 Å². The van der Waals surface area contributed by atoms with Crippen molar-refractivity contribution in [1.29, 1.82) is 0 Å². The molecule has 32 heavy (non-hydrogen) atoms. The van der Waals surface area contributed by atoms with Gasteiger partial charge in [-0.2, -0.15) is 0 Å². The number of rotatable bonds is 7. The Hall–Kier alpha value is -3.19. The van der Waals surface area contributed by atoms with Gasteiger partial charge in [-0.25, -0.2) is 4.39 Å². The molecular formula is C25H28FN3O3. The van der Waals surface area contributed by atoms with Crippen molar-refractivity contribution in [3.05, 3.63) is 71.7 Å². The quantitative estimate of drug-likeness (QED) is 0.526. The van der Waals surface area contributed by atoms with Crippen LogP contribution >= 0.6 is 0 Å². The van der Waals surface area contributed by atoms with Crippen LogP contribution in [0.15, 0.2) is 54.7 Å². The summed E-state index contributed by atoms with van der Waals surface area (Å²) in [5.74, 6) is -0.489. The number of halogens is 1. The van der Waals surface area contributed by atoms with Gasteiger partial charge in [0.05, 0.1) is 18.6 Å². The lowest BCUT2D eigenvalue weighted by Crippen LogP contribution is -2.43. The zero-order valence-corrected chi connectivity index (χ0v) is 18.1. The van der Waals surface area contributed by atoms with Crippen LogP contribution in [0.3, 0.4) is 0 Å². The van der Waals surface area contributed by atoms with E-state index in [1.54, 1.807) is 18.2 Å². The minimum absolute atomic E-state index is 0.0605. The standard InChI is InChI=1S/C25H28FN3O3/c1-16(30)29-18-13-19(32-24(14-18)21-7-2-4-8-22(21)26)10-11-27-25(31)12-17-15-28-23-9-5-3-6-20(17)23/h2-9,15,18-19,24,28H,10-14H2,1H3,(H,27,31)(H,29,30)/t18-,19+,24+/m0/s1. The van der Waals surface area contributed by atoms with Crippen LogP contribution in [-0.4, -0.2) is 35.5 Å². The van der Waals surface area contributed by atoms with E-state index in [4.69, 9.17) is 4.74 Å². The van der Waals surface area contributed by atoms with Crippen LogP contribution in [0.2, 0.25) is 0 Å². The number of H-pyrrole nitrogens is 1. The van der Waals surface area contributed by atoms with E-state index in [1.807, 2.05) is 30.5 Å². The molecule has 0 unspecified atom stereocenters. The Balaban J connectivity index is 1.34. The maximum atomic E-state index is 14.3. The van der Waals surface area contributed by atoms with E-state index >= 15 is 0 Å². The predicted octanol–water partition coefficient (Wildman–Crippen LogP) is 3.78. The molecule has 168 valence electrons. The molecule has 3 aromatic rings. The highest BCUT2D eigenvalue weighted by Crippen LogP contribution is 2.33. The highest BCUT2D eigenvalue weighted by molar-refractivity contribution is 5.88. The molecule has 1 aromatic heterocycles. The maximum absolute atomic E-state index is 14.3. The van der Waals surface area contributed by atoms with Crippen molar-refractivity contribution < 1.29 is 18.7 Å². The summed E-state index contributed by atoms with van der Waals surface area (Å²) in [7, 11) is 0. The molecule has 3 N–H and O–H groups in total. The lowest BCUT2D eigenvalue weighted by molar-refractivity contribution is -0.122. The second kappa shape index (κ2) is 9.96. The molecule has 1 fully saturated rings. The minimum atomic E-state index is -0.436. The van der Waals surface area contributed by atoms with Gasteiger partial charge < -0.3 is 20.4 Å². The van der Waals surface area contributed by atoms with Crippen molar-refractivity contribution in [2.45, 2.75) is 50.9 Å². The van der Waals surface area contributed by atoms with Gasteiger partial charge in [-0.3, -0.25) is 9.59 Å². The number of benzene rings is 2. The average Bonchev–Trinajstić information content (AvgIpc) is 3.16. The fourth-order valence-electron chi connectivity index (χ4n) is 4.43. The number of fused-ring (bicyclic) bond motifs is 1. The van der Waals surface area contributed by atoms with Gasteiger partial charge in [-0.1, -0.05) is 36.4 Å². The maximum Gasteiger partial charge on any atom is 0.224 e. The van der Waals surface area contributed by atoms with Crippen LogP contribution in [0.25, 0.3) is 10.9 Å². The van der Waals surface area contributed by atoms with E-state index in [1.165, 1.54) is 13.0 Å². The van der Waals surface area contributed by atoms with Gasteiger partial charge >= 0.3 is 0 Å². The largest absolute Gasteiger partial charge is 0.370 e. The summed E-state index contributed by atoms with van der Waals surface area (Å²) in [4.78, 5) is 27.2. The Kier molecular flexibility index (Phi) is 6.85. The van der Waals surface area contributed by atoms with Gasteiger partial charge in [0.2, 0.25) is 11.8 Å².